The molecule has 2 N–H and O–H groups in total. The van der Waals surface area contributed by atoms with E-state index >= 15 is 0 Å². The monoisotopic (exact) mass is 549 g/mol. The average Bonchev–Trinajstić information content (AvgIpc) is 3.52. The molecule has 2 aromatic heterocycles. The molecule has 0 spiro atoms. The Labute approximate surface area is 218 Å². The predicted molar refractivity (Wildman–Crippen MR) is 132 cm³/mol. The van der Waals surface area contributed by atoms with Crippen molar-refractivity contribution in [2.24, 2.45) is 0 Å². The third kappa shape index (κ3) is 6.52. The summed E-state index contributed by atoms with van der Waals surface area (Å²) in [5.41, 5.74) is 0.588. The maximum absolute atomic E-state index is 13.0. The van der Waals surface area contributed by atoms with Crippen molar-refractivity contribution in [2.45, 2.75) is 24.8 Å². The molecular formula is C24H19ClF3N5O3S. The first-order chi connectivity index (χ1) is 17.6. The molecule has 192 valence electrons. The Hall–Kier alpha value is -3.77. The standard InChI is InChI=1S/C24H19ClF3N5O3S/c1-14-4-2-5-16(10-14)33-20(12-29-22(35)19-6-3-9-36-19)31-32-23(33)37-13-21(34)30-18-11-15(24(26,27)28)7-8-17(18)25/h2-11H,12-13H2,1H3,(H,29,35)(H,30,34). The molecule has 2 heterocycles. The number of alkyl halides is 3. The van der Waals surface area contributed by atoms with Gasteiger partial charge in [0.05, 0.1) is 34.8 Å². The van der Waals surface area contributed by atoms with E-state index in [1.54, 1.807) is 10.6 Å². The fourth-order valence-corrected chi connectivity index (χ4v) is 4.24. The Kier molecular flexibility index (Phi) is 7.89. The number of anilines is 1. The Morgan fingerprint density at radius 3 is 2.62 bits per heavy atom. The van der Waals surface area contributed by atoms with Crippen LogP contribution in [0.15, 0.2) is 70.4 Å². The van der Waals surface area contributed by atoms with Crippen LogP contribution in [0, 0.1) is 6.92 Å². The van der Waals surface area contributed by atoms with Crippen LogP contribution in [0.5, 0.6) is 0 Å². The van der Waals surface area contributed by atoms with Crippen LogP contribution in [-0.2, 0) is 17.5 Å². The van der Waals surface area contributed by atoms with E-state index in [1.807, 2.05) is 31.2 Å². The summed E-state index contributed by atoms with van der Waals surface area (Å²) in [4.78, 5) is 24.8. The maximum atomic E-state index is 13.0. The molecule has 0 aliphatic carbocycles. The van der Waals surface area contributed by atoms with Gasteiger partial charge in [-0.25, -0.2) is 0 Å². The lowest BCUT2D eigenvalue weighted by atomic mass is 10.2. The number of carbonyl (C=O) groups excluding carboxylic acids is 2. The summed E-state index contributed by atoms with van der Waals surface area (Å²) in [6.45, 7) is 1.93. The van der Waals surface area contributed by atoms with Gasteiger partial charge in [-0.2, -0.15) is 13.2 Å². The zero-order valence-corrected chi connectivity index (χ0v) is 20.7. The van der Waals surface area contributed by atoms with Crippen LogP contribution in [0.25, 0.3) is 5.69 Å². The summed E-state index contributed by atoms with van der Waals surface area (Å²) in [5, 5.41) is 13.7. The number of carbonyl (C=O) groups is 2. The molecule has 2 aromatic carbocycles. The summed E-state index contributed by atoms with van der Waals surface area (Å²) >= 11 is 7.00. The van der Waals surface area contributed by atoms with Crippen LogP contribution in [0.2, 0.25) is 5.02 Å². The number of benzene rings is 2. The van der Waals surface area contributed by atoms with Crippen molar-refractivity contribution < 1.29 is 27.2 Å². The van der Waals surface area contributed by atoms with E-state index in [2.05, 4.69) is 20.8 Å². The highest BCUT2D eigenvalue weighted by molar-refractivity contribution is 7.99. The summed E-state index contributed by atoms with van der Waals surface area (Å²) in [7, 11) is 0. The Morgan fingerprint density at radius 1 is 1.11 bits per heavy atom. The molecule has 0 saturated heterocycles. The highest BCUT2D eigenvalue weighted by Crippen LogP contribution is 2.34. The molecule has 13 heteroatoms. The van der Waals surface area contributed by atoms with E-state index in [9.17, 15) is 22.8 Å². The Morgan fingerprint density at radius 2 is 1.92 bits per heavy atom. The number of furan rings is 1. The van der Waals surface area contributed by atoms with E-state index in [1.165, 1.54) is 12.3 Å². The molecule has 0 bridgehead atoms. The summed E-state index contributed by atoms with van der Waals surface area (Å²) < 4.78 is 45.9. The molecule has 0 aliphatic heterocycles. The maximum Gasteiger partial charge on any atom is 0.416 e. The molecule has 8 nitrogen and oxygen atoms in total. The van der Waals surface area contributed by atoms with Gasteiger partial charge in [0.25, 0.3) is 5.91 Å². The molecule has 2 amide bonds. The van der Waals surface area contributed by atoms with Gasteiger partial charge in [-0.1, -0.05) is 35.5 Å². The minimum atomic E-state index is -4.58. The molecule has 0 fully saturated rings. The lowest BCUT2D eigenvalue weighted by Crippen LogP contribution is -2.24. The summed E-state index contributed by atoms with van der Waals surface area (Å²) in [5.74, 6) is -0.668. The van der Waals surface area contributed by atoms with Crippen molar-refractivity contribution in [3.8, 4) is 5.69 Å². The molecule has 0 radical (unpaired) electrons. The van der Waals surface area contributed by atoms with Crippen LogP contribution in [0.4, 0.5) is 18.9 Å². The number of thioether (sulfide) groups is 1. The van der Waals surface area contributed by atoms with Crippen LogP contribution in [0.3, 0.4) is 0 Å². The second-order valence-electron chi connectivity index (χ2n) is 7.76. The third-order valence-electron chi connectivity index (χ3n) is 5.01. The predicted octanol–water partition coefficient (Wildman–Crippen LogP) is 5.50. The molecule has 0 saturated carbocycles. The molecule has 4 aromatic rings. The van der Waals surface area contributed by atoms with E-state index in [0.29, 0.717) is 16.7 Å². The second kappa shape index (κ2) is 11.1. The topological polar surface area (TPSA) is 102 Å². The number of aryl methyl sites for hydroxylation is 1. The minimum Gasteiger partial charge on any atom is -0.459 e. The summed E-state index contributed by atoms with van der Waals surface area (Å²) in [6.07, 6.45) is -3.19. The van der Waals surface area contributed by atoms with Gasteiger partial charge in [0.1, 0.15) is 0 Å². The number of hydrogen-bond donors (Lipinski definition) is 2. The number of hydrogen-bond acceptors (Lipinski definition) is 6. The first kappa shape index (κ1) is 26.3. The molecule has 4 rings (SSSR count). The SMILES string of the molecule is Cc1cccc(-n2c(CNC(=O)c3ccco3)nnc2SCC(=O)Nc2cc(C(F)(F)F)ccc2Cl)c1. The third-order valence-corrected chi connectivity index (χ3v) is 6.27. The van der Waals surface area contributed by atoms with Crippen LogP contribution >= 0.6 is 23.4 Å². The van der Waals surface area contributed by atoms with Crippen molar-refractivity contribution in [3.63, 3.8) is 0 Å². The first-order valence-electron chi connectivity index (χ1n) is 10.7. The largest absolute Gasteiger partial charge is 0.459 e. The lowest BCUT2D eigenvalue weighted by Gasteiger charge is -2.13. The molecule has 0 unspecified atom stereocenters. The van der Waals surface area contributed by atoms with Gasteiger partial charge in [-0.3, -0.25) is 14.2 Å². The zero-order chi connectivity index (χ0) is 26.6. The molecule has 37 heavy (non-hydrogen) atoms. The fraction of sp³-hybridized carbons (Fsp3) is 0.167. The van der Waals surface area contributed by atoms with Gasteiger partial charge < -0.3 is 15.1 Å². The number of nitrogens with one attached hydrogen (secondary N) is 2. The molecule has 0 aliphatic rings. The van der Waals surface area contributed by atoms with Gasteiger partial charge in [-0.05, 0) is 55.0 Å². The highest BCUT2D eigenvalue weighted by Gasteiger charge is 2.31. The highest BCUT2D eigenvalue weighted by atomic mass is 35.5. The fourth-order valence-electron chi connectivity index (χ4n) is 3.30. The normalized spacial score (nSPS) is 11.4. The van der Waals surface area contributed by atoms with Crippen molar-refractivity contribution >= 4 is 40.9 Å². The number of rotatable bonds is 8. The average molecular weight is 550 g/mol. The quantitative estimate of drug-likeness (QED) is 0.281. The van der Waals surface area contributed by atoms with Crippen LogP contribution in [0.1, 0.15) is 27.5 Å². The second-order valence-corrected chi connectivity index (χ2v) is 9.11. The van der Waals surface area contributed by atoms with E-state index in [0.717, 1.165) is 35.5 Å². The van der Waals surface area contributed by atoms with Crippen molar-refractivity contribution in [2.75, 3.05) is 11.1 Å². The number of halogens is 4. The zero-order valence-electron chi connectivity index (χ0n) is 19.2. The van der Waals surface area contributed by atoms with E-state index in [-0.39, 0.29) is 28.8 Å². The van der Waals surface area contributed by atoms with Gasteiger partial charge >= 0.3 is 6.18 Å². The van der Waals surface area contributed by atoms with Gasteiger partial charge in [-0.15, -0.1) is 10.2 Å². The van der Waals surface area contributed by atoms with Crippen molar-refractivity contribution in [1.82, 2.24) is 20.1 Å². The van der Waals surface area contributed by atoms with E-state index in [4.69, 9.17) is 16.0 Å². The number of amides is 2. The van der Waals surface area contributed by atoms with Crippen molar-refractivity contribution in [3.05, 3.63) is 88.6 Å². The summed E-state index contributed by atoms with van der Waals surface area (Å²) in [6, 6.07) is 13.3. The number of aromatic nitrogens is 3. The van der Waals surface area contributed by atoms with Gasteiger partial charge in [0.15, 0.2) is 16.7 Å². The van der Waals surface area contributed by atoms with Crippen LogP contribution in [-0.4, -0.2) is 32.3 Å². The molecule has 0 atom stereocenters. The molecular weight excluding hydrogens is 531 g/mol. The Bertz CT molecular complexity index is 1420. The Balaban J connectivity index is 1.51. The number of nitrogens with zero attached hydrogens (tertiary/aromatic N) is 3. The van der Waals surface area contributed by atoms with Crippen molar-refractivity contribution in [1.29, 1.82) is 0 Å². The first-order valence-corrected chi connectivity index (χ1v) is 12.1. The van der Waals surface area contributed by atoms with Crippen LogP contribution < -0.4 is 10.6 Å². The van der Waals surface area contributed by atoms with E-state index < -0.39 is 23.6 Å². The van der Waals surface area contributed by atoms with Gasteiger partial charge in [0.2, 0.25) is 5.91 Å². The van der Waals surface area contributed by atoms with Gasteiger partial charge in [0, 0.05) is 5.69 Å². The smallest absolute Gasteiger partial charge is 0.416 e. The lowest BCUT2D eigenvalue weighted by molar-refractivity contribution is -0.137. The minimum absolute atomic E-state index is 0.0209.